The molecule has 1 amide bonds. The molecule has 0 aliphatic carbocycles. The Balaban J connectivity index is 2.00. The SMILES string of the molecule is CC(Sc1ccccn1)C(=O)Nc1cccc([N+](=O)[O-])c1. The predicted molar refractivity (Wildman–Crippen MR) is 81.3 cm³/mol. The van der Waals surface area contributed by atoms with Crippen LogP contribution < -0.4 is 5.32 Å². The van der Waals surface area contributed by atoms with Crippen molar-refractivity contribution in [1.29, 1.82) is 0 Å². The lowest BCUT2D eigenvalue weighted by Gasteiger charge is -2.11. The Hall–Kier alpha value is -2.41. The number of thioether (sulfide) groups is 1. The molecule has 7 heteroatoms. The highest BCUT2D eigenvalue weighted by Crippen LogP contribution is 2.23. The number of pyridine rings is 1. The van der Waals surface area contributed by atoms with Crippen LogP contribution in [0.1, 0.15) is 6.92 Å². The third-order valence-electron chi connectivity index (χ3n) is 2.63. The van der Waals surface area contributed by atoms with E-state index in [0.29, 0.717) is 5.69 Å². The zero-order valence-corrected chi connectivity index (χ0v) is 12.0. The van der Waals surface area contributed by atoms with Crippen LogP contribution in [-0.4, -0.2) is 21.1 Å². The van der Waals surface area contributed by atoms with E-state index >= 15 is 0 Å². The highest BCUT2D eigenvalue weighted by molar-refractivity contribution is 8.00. The molecule has 0 fully saturated rings. The van der Waals surface area contributed by atoms with Crippen LogP contribution in [0.3, 0.4) is 0 Å². The monoisotopic (exact) mass is 303 g/mol. The summed E-state index contributed by atoms with van der Waals surface area (Å²) in [4.78, 5) is 26.4. The van der Waals surface area contributed by atoms with Gasteiger partial charge in [-0.05, 0) is 25.1 Å². The number of hydrogen-bond acceptors (Lipinski definition) is 5. The lowest BCUT2D eigenvalue weighted by atomic mass is 10.2. The van der Waals surface area contributed by atoms with Gasteiger partial charge in [0.2, 0.25) is 5.91 Å². The summed E-state index contributed by atoms with van der Waals surface area (Å²) in [7, 11) is 0. The molecule has 0 aliphatic rings. The maximum atomic E-state index is 12.1. The maximum absolute atomic E-state index is 12.1. The molecule has 0 aliphatic heterocycles. The number of non-ortho nitro benzene ring substituents is 1. The number of nitrogens with zero attached hydrogens (tertiary/aromatic N) is 2. The number of aromatic nitrogens is 1. The van der Waals surface area contributed by atoms with Gasteiger partial charge in [0.25, 0.3) is 5.69 Å². The molecule has 1 N–H and O–H groups in total. The summed E-state index contributed by atoms with van der Waals surface area (Å²) in [6.45, 7) is 1.76. The van der Waals surface area contributed by atoms with Gasteiger partial charge < -0.3 is 5.32 Å². The molecular formula is C14H13N3O3S. The molecule has 0 spiro atoms. The molecule has 0 bridgehead atoms. The topological polar surface area (TPSA) is 85.1 Å². The first-order valence-electron chi connectivity index (χ1n) is 6.19. The van der Waals surface area contributed by atoms with Crippen LogP contribution in [0.15, 0.2) is 53.7 Å². The van der Waals surface area contributed by atoms with Crippen LogP contribution in [0.4, 0.5) is 11.4 Å². The number of nitro groups is 1. The quantitative estimate of drug-likeness (QED) is 0.521. The second-order valence-electron chi connectivity index (χ2n) is 4.22. The molecule has 0 saturated heterocycles. The first kappa shape index (κ1) is 15.0. The Labute approximate surface area is 125 Å². The number of hydrogen-bond donors (Lipinski definition) is 1. The van der Waals surface area contributed by atoms with Gasteiger partial charge in [-0.3, -0.25) is 14.9 Å². The lowest BCUT2D eigenvalue weighted by molar-refractivity contribution is -0.384. The molecule has 1 aromatic heterocycles. The first-order valence-corrected chi connectivity index (χ1v) is 7.07. The number of amides is 1. The van der Waals surface area contributed by atoms with Crippen LogP contribution in [0, 0.1) is 10.1 Å². The normalized spacial score (nSPS) is 11.7. The molecule has 2 aromatic rings. The van der Waals surface area contributed by atoms with Crippen molar-refractivity contribution in [3.05, 3.63) is 58.8 Å². The Morgan fingerprint density at radius 1 is 1.33 bits per heavy atom. The van der Waals surface area contributed by atoms with Crippen molar-refractivity contribution < 1.29 is 9.72 Å². The van der Waals surface area contributed by atoms with E-state index in [4.69, 9.17) is 0 Å². The minimum atomic E-state index is -0.498. The summed E-state index contributed by atoms with van der Waals surface area (Å²) in [6, 6.07) is 11.3. The summed E-state index contributed by atoms with van der Waals surface area (Å²) >= 11 is 1.32. The van der Waals surface area contributed by atoms with Gasteiger partial charge in [0.05, 0.1) is 15.2 Å². The van der Waals surface area contributed by atoms with Crippen molar-refractivity contribution in [2.45, 2.75) is 17.2 Å². The van der Waals surface area contributed by atoms with E-state index in [9.17, 15) is 14.9 Å². The minimum absolute atomic E-state index is 0.0576. The van der Waals surface area contributed by atoms with Crippen LogP contribution >= 0.6 is 11.8 Å². The average Bonchev–Trinajstić information content (AvgIpc) is 2.48. The summed E-state index contributed by atoms with van der Waals surface area (Å²) in [5.41, 5.74) is 0.348. The number of nitrogens with one attached hydrogen (secondary N) is 1. The molecule has 0 saturated carbocycles. The number of carbonyl (C=O) groups excluding carboxylic acids is 1. The van der Waals surface area contributed by atoms with Crippen LogP contribution in [0.25, 0.3) is 0 Å². The van der Waals surface area contributed by atoms with Crippen molar-refractivity contribution in [3.8, 4) is 0 Å². The lowest BCUT2D eigenvalue weighted by Crippen LogP contribution is -2.22. The molecule has 1 atom stereocenters. The van der Waals surface area contributed by atoms with Crippen molar-refractivity contribution in [1.82, 2.24) is 4.98 Å². The highest BCUT2D eigenvalue weighted by atomic mass is 32.2. The average molecular weight is 303 g/mol. The van der Waals surface area contributed by atoms with E-state index in [-0.39, 0.29) is 16.8 Å². The number of anilines is 1. The third kappa shape index (κ3) is 4.28. The number of carbonyl (C=O) groups is 1. The summed E-state index contributed by atoms with van der Waals surface area (Å²) in [5.74, 6) is -0.230. The zero-order chi connectivity index (χ0) is 15.2. The van der Waals surface area contributed by atoms with E-state index < -0.39 is 4.92 Å². The van der Waals surface area contributed by atoms with Gasteiger partial charge in [-0.2, -0.15) is 0 Å². The number of rotatable bonds is 5. The smallest absolute Gasteiger partial charge is 0.271 e. The van der Waals surface area contributed by atoms with Gasteiger partial charge in [0.15, 0.2) is 0 Å². The van der Waals surface area contributed by atoms with Gasteiger partial charge in [0.1, 0.15) is 0 Å². The molecule has 2 rings (SSSR count). The molecule has 1 heterocycles. The molecule has 1 aromatic carbocycles. The third-order valence-corrected chi connectivity index (χ3v) is 3.68. The van der Waals surface area contributed by atoms with E-state index in [1.807, 2.05) is 12.1 Å². The molecular weight excluding hydrogens is 290 g/mol. The molecule has 6 nitrogen and oxygen atoms in total. The Morgan fingerprint density at radius 2 is 2.14 bits per heavy atom. The van der Waals surface area contributed by atoms with Crippen LogP contribution in [0.2, 0.25) is 0 Å². The summed E-state index contributed by atoms with van der Waals surface area (Å²) in [5, 5.41) is 13.7. The number of nitro benzene ring substituents is 1. The Morgan fingerprint density at radius 3 is 2.81 bits per heavy atom. The second-order valence-corrected chi connectivity index (χ2v) is 5.59. The molecule has 21 heavy (non-hydrogen) atoms. The van der Waals surface area contributed by atoms with E-state index in [1.54, 1.807) is 25.3 Å². The molecule has 108 valence electrons. The Kier molecular flexibility index (Phi) is 4.89. The Bertz CT molecular complexity index is 649. The van der Waals surface area contributed by atoms with Gasteiger partial charge in [-0.1, -0.05) is 23.9 Å². The van der Waals surface area contributed by atoms with Crippen molar-refractivity contribution in [3.63, 3.8) is 0 Å². The van der Waals surface area contributed by atoms with Crippen molar-refractivity contribution in [2.75, 3.05) is 5.32 Å². The largest absolute Gasteiger partial charge is 0.325 e. The van der Waals surface area contributed by atoms with Crippen LogP contribution in [0.5, 0.6) is 0 Å². The molecule has 0 radical (unpaired) electrons. The summed E-state index contributed by atoms with van der Waals surface area (Å²) in [6.07, 6.45) is 1.66. The van der Waals surface area contributed by atoms with Gasteiger partial charge in [-0.25, -0.2) is 4.98 Å². The fraction of sp³-hybridized carbons (Fsp3) is 0.143. The fourth-order valence-corrected chi connectivity index (χ4v) is 2.40. The van der Waals surface area contributed by atoms with Crippen molar-refractivity contribution in [2.24, 2.45) is 0 Å². The number of benzene rings is 1. The van der Waals surface area contributed by atoms with E-state index in [0.717, 1.165) is 5.03 Å². The maximum Gasteiger partial charge on any atom is 0.271 e. The standard InChI is InChI=1S/C14H13N3O3S/c1-10(21-13-7-2-3-8-15-13)14(18)16-11-5-4-6-12(9-11)17(19)20/h2-10H,1H3,(H,16,18). The van der Waals surface area contributed by atoms with E-state index in [2.05, 4.69) is 10.3 Å². The fourth-order valence-electron chi connectivity index (χ4n) is 1.59. The second kappa shape index (κ2) is 6.85. The van der Waals surface area contributed by atoms with Crippen LogP contribution in [-0.2, 0) is 4.79 Å². The molecule has 1 unspecified atom stereocenters. The van der Waals surface area contributed by atoms with E-state index in [1.165, 1.54) is 30.0 Å². The van der Waals surface area contributed by atoms with Gasteiger partial charge in [-0.15, -0.1) is 0 Å². The first-order chi connectivity index (χ1) is 10.1. The van der Waals surface area contributed by atoms with Gasteiger partial charge in [0, 0.05) is 24.0 Å². The summed E-state index contributed by atoms with van der Waals surface area (Å²) < 4.78 is 0. The van der Waals surface area contributed by atoms with Gasteiger partial charge >= 0.3 is 0 Å². The predicted octanol–water partition coefficient (Wildman–Crippen LogP) is 3.11. The minimum Gasteiger partial charge on any atom is -0.325 e. The zero-order valence-electron chi connectivity index (χ0n) is 11.2. The highest BCUT2D eigenvalue weighted by Gasteiger charge is 2.16. The van der Waals surface area contributed by atoms with Crippen molar-refractivity contribution >= 4 is 29.0 Å².